The highest BCUT2D eigenvalue weighted by Gasteiger charge is 2.10. The average molecular weight is 226 g/mol. The number of hydrogen-bond donors (Lipinski definition) is 1. The number of aliphatic hydroxyl groups excluding tert-OH is 1. The Morgan fingerprint density at radius 1 is 1.38 bits per heavy atom. The lowest BCUT2D eigenvalue weighted by molar-refractivity contribution is 0.144. The van der Waals surface area contributed by atoms with Gasteiger partial charge in [0.05, 0.1) is 12.3 Å². The summed E-state index contributed by atoms with van der Waals surface area (Å²) in [4.78, 5) is 5.94. The van der Waals surface area contributed by atoms with Crippen LogP contribution in [-0.2, 0) is 0 Å². The van der Waals surface area contributed by atoms with Crippen LogP contribution < -0.4 is 0 Å². The van der Waals surface area contributed by atoms with Gasteiger partial charge in [0.25, 0.3) is 0 Å². The first-order chi connectivity index (χ1) is 7.67. The summed E-state index contributed by atoms with van der Waals surface area (Å²) < 4.78 is 12.9. The molecule has 0 aliphatic heterocycles. The van der Waals surface area contributed by atoms with Gasteiger partial charge in [-0.25, -0.2) is 4.39 Å². The Labute approximate surface area is 95.9 Å². The van der Waals surface area contributed by atoms with Crippen molar-refractivity contribution in [3.63, 3.8) is 0 Å². The molecule has 0 aliphatic rings. The number of nitrogens with zero attached hydrogens (tertiary/aromatic N) is 2. The van der Waals surface area contributed by atoms with Gasteiger partial charge in [0.15, 0.2) is 0 Å². The summed E-state index contributed by atoms with van der Waals surface area (Å²) in [6.45, 7) is 6.90. The van der Waals surface area contributed by atoms with Gasteiger partial charge in [0, 0.05) is 18.3 Å². The fraction of sp³-hybridized carbons (Fsp3) is 0.583. The maximum Gasteiger partial charge on any atom is 0.141 e. The molecule has 0 bridgehead atoms. The number of rotatable bonds is 6. The van der Waals surface area contributed by atoms with Crippen molar-refractivity contribution in [3.05, 3.63) is 29.8 Å². The van der Waals surface area contributed by atoms with E-state index in [1.807, 2.05) is 0 Å². The van der Waals surface area contributed by atoms with Crippen LogP contribution in [0.1, 0.15) is 31.9 Å². The van der Waals surface area contributed by atoms with Crippen molar-refractivity contribution < 1.29 is 9.50 Å². The molecule has 0 aromatic carbocycles. The van der Waals surface area contributed by atoms with Crippen molar-refractivity contribution in [1.29, 1.82) is 0 Å². The van der Waals surface area contributed by atoms with Crippen LogP contribution in [0, 0.1) is 5.82 Å². The maximum atomic E-state index is 12.9. The van der Waals surface area contributed by atoms with E-state index in [1.165, 1.54) is 12.3 Å². The van der Waals surface area contributed by atoms with E-state index < -0.39 is 11.9 Å². The van der Waals surface area contributed by atoms with Crippen LogP contribution in [0.25, 0.3) is 0 Å². The van der Waals surface area contributed by atoms with Gasteiger partial charge in [0.1, 0.15) is 5.82 Å². The van der Waals surface area contributed by atoms with Gasteiger partial charge >= 0.3 is 0 Å². The molecule has 0 spiro atoms. The Kier molecular flexibility index (Phi) is 5.35. The first-order valence-electron chi connectivity index (χ1n) is 5.68. The second-order valence-corrected chi connectivity index (χ2v) is 3.77. The maximum absolute atomic E-state index is 12.9. The third-order valence-corrected chi connectivity index (χ3v) is 2.72. The normalized spacial score (nSPS) is 13.1. The van der Waals surface area contributed by atoms with Crippen LogP contribution in [0.5, 0.6) is 0 Å². The fourth-order valence-corrected chi connectivity index (χ4v) is 1.62. The molecule has 0 fully saturated rings. The van der Waals surface area contributed by atoms with Gasteiger partial charge < -0.3 is 10.0 Å². The molecular weight excluding hydrogens is 207 g/mol. The minimum absolute atomic E-state index is 0.403. The molecule has 16 heavy (non-hydrogen) atoms. The molecule has 0 amide bonds. The smallest absolute Gasteiger partial charge is 0.141 e. The van der Waals surface area contributed by atoms with Gasteiger partial charge in [-0.1, -0.05) is 13.8 Å². The molecule has 0 radical (unpaired) electrons. The van der Waals surface area contributed by atoms with E-state index in [-0.39, 0.29) is 0 Å². The summed E-state index contributed by atoms with van der Waals surface area (Å²) in [6.07, 6.45) is 2.62. The van der Waals surface area contributed by atoms with Gasteiger partial charge in [0.2, 0.25) is 0 Å². The van der Waals surface area contributed by atoms with Gasteiger partial charge in [-0.2, -0.15) is 0 Å². The predicted octanol–water partition coefficient (Wildman–Crippen LogP) is 1.99. The Balaban J connectivity index is 2.49. The highest BCUT2D eigenvalue weighted by Crippen LogP contribution is 2.16. The van der Waals surface area contributed by atoms with Crippen molar-refractivity contribution in [2.45, 2.75) is 26.4 Å². The largest absolute Gasteiger partial charge is 0.388 e. The summed E-state index contributed by atoms with van der Waals surface area (Å²) in [5.41, 5.74) is 0.548. The Morgan fingerprint density at radius 3 is 2.62 bits per heavy atom. The van der Waals surface area contributed by atoms with Crippen LogP contribution in [0.15, 0.2) is 18.5 Å². The molecule has 1 aromatic rings. The predicted molar refractivity (Wildman–Crippen MR) is 61.6 cm³/mol. The van der Waals surface area contributed by atoms with Gasteiger partial charge in [-0.3, -0.25) is 4.98 Å². The molecule has 0 saturated carbocycles. The SMILES string of the molecule is CCN(CC)CCC(O)c1cncc(F)c1. The lowest BCUT2D eigenvalue weighted by Gasteiger charge is -2.20. The standard InChI is InChI=1S/C12H19FN2O/c1-3-15(4-2)6-5-12(16)10-7-11(13)9-14-8-10/h7-9,12,16H,3-6H2,1-2H3. The van der Waals surface area contributed by atoms with E-state index in [0.717, 1.165) is 25.8 Å². The van der Waals surface area contributed by atoms with E-state index in [0.29, 0.717) is 12.0 Å². The summed E-state index contributed by atoms with van der Waals surface area (Å²) >= 11 is 0. The third kappa shape index (κ3) is 3.87. The van der Waals surface area contributed by atoms with E-state index in [4.69, 9.17) is 0 Å². The molecule has 0 aliphatic carbocycles. The lowest BCUT2D eigenvalue weighted by Crippen LogP contribution is -2.25. The van der Waals surface area contributed by atoms with E-state index in [9.17, 15) is 9.50 Å². The molecule has 1 rings (SSSR count). The topological polar surface area (TPSA) is 36.4 Å². The summed E-state index contributed by atoms with van der Waals surface area (Å²) in [5, 5.41) is 9.85. The molecule has 1 unspecified atom stereocenters. The van der Waals surface area contributed by atoms with Crippen LogP contribution in [-0.4, -0.2) is 34.6 Å². The molecular formula is C12H19FN2O. The van der Waals surface area contributed by atoms with Crippen molar-refractivity contribution in [2.24, 2.45) is 0 Å². The number of aliphatic hydroxyl groups is 1. The number of halogens is 1. The van der Waals surface area contributed by atoms with Gasteiger partial charge in [-0.05, 0) is 25.6 Å². The zero-order valence-electron chi connectivity index (χ0n) is 9.86. The van der Waals surface area contributed by atoms with Crippen LogP contribution >= 0.6 is 0 Å². The molecule has 1 N–H and O–H groups in total. The van der Waals surface area contributed by atoms with Gasteiger partial charge in [-0.15, -0.1) is 0 Å². The van der Waals surface area contributed by atoms with E-state index in [1.54, 1.807) is 0 Å². The van der Waals surface area contributed by atoms with Crippen molar-refractivity contribution >= 4 is 0 Å². The molecule has 90 valence electrons. The second kappa shape index (κ2) is 6.55. The monoisotopic (exact) mass is 226 g/mol. The van der Waals surface area contributed by atoms with Crippen molar-refractivity contribution in [2.75, 3.05) is 19.6 Å². The zero-order valence-corrected chi connectivity index (χ0v) is 9.86. The summed E-state index contributed by atoms with van der Waals surface area (Å²) in [6, 6.07) is 1.33. The quantitative estimate of drug-likeness (QED) is 0.805. The summed E-state index contributed by atoms with van der Waals surface area (Å²) in [7, 11) is 0. The zero-order chi connectivity index (χ0) is 12.0. The average Bonchev–Trinajstić information content (AvgIpc) is 2.30. The molecule has 1 atom stereocenters. The minimum atomic E-state index is -0.635. The highest BCUT2D eigenvalue weighted by molar-refractivity contribution is 5.13. The Hall–Kier alpha value is -1.00. The molecule has 3 nitrogen and oxygen atoms in total. The first-order valence-corrected chi connectivity index (χ1v) is 5.68. The number of hydrogen-bond acceptors (Lipinski definition) is 3. The Bertz CT molecular complexity index is 316. The van der Waals surface area contributed by atoms with Crippen LogP contribution in [0.3, 0.4) is 0 Å². The highest BCUT2D eigenvalue weighted by atomic mass is 19.1. The molecule has 4 heteroatoms. The lowest BCUT2D eigenvalue weighted by atomic mass is 10.1. The van der Waals surface area contributed by atoms with Crippen LogP contribution in [0.2, 0.25) is 0 Å². The Morgan fingerprint density at radius 2 is 2.06 bits per heavy atom. The third-order valence-electron chi connectivity index (χ3n) is 2.72. The molecule has 0 saturated heterocycles. The molecule has 1 aromatic heterocycles. The first kappa shape index (κ1) is 13.1. The minimum Gasteiger partial charge on any atom is -0.388 e. The van der Waals surface area contributed by atoms with Crippen molar-refractivity contribution in [3.8, 4) is 0 Å². The van der Waals surface area contributed by atoms with Crippen molar-refractivity contribution in [1.82, 2.24) is 9.88 Å². The number of pyridine rings is 1. The number of aromatic nitrogens is 1. The van der Waals surface area contributed by atoms with E-state index in [2.05, 4.69) is 23.7 Å². The molecule has 1 heterocycles. The summed E-state index contributed by atoms with van der Waals surface area (Å²) in [5.74, 6) is -0.403. The van der Waals surface area contributed by atoms with Crippen LogP contribution in [0.4, 0.5) is 4.39 Å². The van der Waals surface area contributed by atoms with E-state index >= 15 is 0 Å². The fourth-order valence-electron chi connectivity index (χ4n) is 1.62. The second-order valence-electron chi connectivity index (χ2n) is 3.77.